The number of carbonyl (C=O) groups is 1. The second-order valence-corrected chi connectivity index (χ2v) is 4.97. The lowest BCUT2D eigenvalue weighted by molar-refractivity contribution is 0.0932. The minimum atomic E-state index is -0.258. The molecule has 1 amide bonds. The molecule has 1 heterocycles. The van der Waals surface area contributed by atoms with Gasteiger partial charge < -0.3 is 15.2 Å². The van der Waals surface area contributed by atoms with Crippen molar-refractivity contribution in [3.63, 3.8) is 0 Å². The zero-order valence-electron chi connectivity index (χ0n) is 12.6. The van der Waals surface area contributed by atoms with Crippen molar-refractivity contribution in [3.8, 4) is 0 Å². The standard InChI is InChI=1S/C15H25N3O2/c1-4-18(5-2)11-7-8-12(3)16-15(20)13-9-6-10-14(19)17-13/h6,9-10,12H,4-5,7-8,11H2,1-3H3,(H,16,20)(H,17,19). The Morgan fingerprint density at radius 2 is 2.05 bits per heavy atom. The van der Waals surface area contributed by atoms with Crippen LogP contribution in [0.5, 0.6) is 0 Å². The van der Waals surface area contributed by atoms with E-state index < -0.39 is 0 Å². The van der Waals surface area contributed by atoms with Crippen LogP contribution in [0, 0.1) is 0 Å². The van der Waals surface area contributed by atoms with Gasteiger partial charge in [0.1, 0.15) is 5.69 Å². The summed E-state index contributed by atoms with van der Waals surface area (Å²) < 4.78 is 0. The number of amides is 1. The van der Waals surface area contributed by atoms with E-state index in [1.54, 1.807) is 12.1 Å². The van der Waals surface area contributed by atoms with Gasteiger partial charge in [0.25, 0.3) is 5.91 Å². The van der Waals surface area contributed by atoms with Crippen LogP contribution in [0.2, 0.25) is 0 Å². The van der Waals surface area contributed by atoms with Gasteiger partial charge in [0, 0.05) is 12.1 Å². The van der Waals surface area contributed by atoms with Gasteiger partial charge in [-0.15, -0.1) is 0 Å². The van der Waals surface area contributed by atoms with Crippen molar-refractivity contribution in [1.29, 1.82) is 0 Å². The molecule has 0 aliphatic rings. The van der Waals surface area contributed by atoms with Crippen LogP contribution >= 0.6 is 0 Å². The molecule has 20 heavy (non-hydrogen) atoms. The fourth-order valence-electron chi connectivity index (χ4n) is 2.11. The Morgan fingerprint density at radius 1 is 1.35 bits per heavy atom. The first-order chi connectivity index (χ1) is 9.56. The summed E-state index contributed by atoms with van der Waals surface area (Å²) >= 11 is 0. The molecule has 0 saturated heterocycles. The SMILES string of the molecule is CCN(CC)CCCC(C)NC(=O)c1cccc(=O)[nH]1. The summed E-state index contributed by atoms with van der Waals surface area (Å²) in [6.45, 7) is 9.46. The summed E-state index contributed by atoms with van der Waals surface area (Å²) in [7, 11) is 0. The Bertz CT molecular complexity index is 466. The van der Waals surface area contributed by atoms with Gasteiger partial charge in [-0.3, -0.25) is 9.59 Å². The number of aromatic amines is 1. The zero-order valence-corrected chi connectivity index (χ0v) is 12.6. The van der Waals surface area contributed by atoms with Crippen molar-refractivity contribution in [1.82, 2.24) is 15.2 Å². The molecule has 1 aromatic rings. The Morgan fingerprint density at radius 3 is 2.65 bits per heavy atom. The minimum absolute atomic E-state index is 0.0989. The second-order valence-electron chi connectivity index (χ2n) is 4.97. The molecule has 0 spiro atoms. The average Bonchev–Trinajstić information content (AvgIpc) is 2.43. The molecule has 5 nitrogen and oxygen atoms in total. The maximum atomic E-state index is 11.9. The van der Waals surface area contributed by atoms with E-state index in [0.717, 1.165) is 32.5 Å². The van der Waals surface area contributed by atoms with E-state index in [9.17, 15) is 9.59 Å². The van der Waals surface area contributed by atoms with E-state index >= 15 is 0 Å². The molecule has 5 heteroatoms. The monoisotopic (exact) mass is 279 g/mol. The first-order valence-corrected chi connectivity index (χ1v) is 7.29. The predicted octanol–water partition coefficient (Wildman–Crippen LogP) is 1.62. The van der Waals surface area contributed by atoms with Crippen LogP contribution < -0.4 is 10.9 Å². The number of hydrogen-bond acceptors (Lipinski definition) is 3. The minimum Gasteiger partial charge on any atom is -0.348 e. The van der Waals surface area contributed by atoms with Crippen LogP contribution in [-0.2, 0) is 0 Å². The molecule has 1 aromatic heterocycles. The molecule has 0 aromatic carbocycles. The van der Waals surface area contributed by atoms with E-state index in [-0.39, 0.29) is 17.5 Å². The smallest absolute Gasteiger partial charge is 0.268 e. The highest BCUT2D eigenvalue weighted by atomic mass is 16.2. The Labute approximate surface area is 120 Å². The van der Waals surface area contributed by atoms with E-state index in [1.807, 2.05) is 6.92 Å². The topological polar surface area (TPSA) is 65.2 Å². The molecule has 2 N–H and O–H groups in total. The first kappa shape index (κ1) is 16.4. The highest BCUT2D eigenvalue weighted by molar-refractivity contribution is 5.92. The number of carbonyl (C=O) groups excluding carboxylic acids is 1. The maximum Gasteiger partial charge on any atom is 0.268 e. The van der Waals surface area contributed by atoms with E-state index in [1.165, 1.54) is 6.07 Å². The molecule has 0 fully saturated rings. The largest absolute Gasteiger partial charge is 0.348 e. The molecule has 1 atom stereocenters. The fourth-order valence-corrected chi connectivity index (χ4v) is 2.11. The highest BCUT2D eigenvalue weighted by Gasteiger charge is 2.10. The second kappa shape index (κ2) is 8.53. The summed E-state index contributed by atoms with van der Waals surface area (Å²) in [4.78, 5) is 28.0. The lowest BCUT2D eigenvalue weighted by atomic mass is 10.1. The quantitative estimate of drug-likeness (QED) is 0.760. The van der Waals surface area contributed by atoms with Gasteiger partial charge in [0.2, 0.25) is 5.56 Å². The van der Waals surface area contributed by atoms with Gasteiger partial charge >= 0.3 is 0 Å². The third-order valence-corrected chi connectivity index (χ3v) is 3.40. The Kier molecular flexibility index (Phi) is 7.01. The molecule has 112 valence electrons. The van der Waals surface area contributed by atoms with Crippen molar-refractivity contribution in [2.45, 2.75) is 39.7 Å². The first-order valence-electron chi connectivity index (χ1n) is 7.29. The third-order valence-electron chi connectivity index (χ3n) is 3.40. The summed E-state index contributed by atoms with van der Waals surface area (Å²) in [6.07, 6.45) is 1.98. The van der Waals surface area contributed by atoms with E-state index in [0.29, 0.717) is 5.69 Å². The van der Waals surface area contributed by atoms with Crippen molar-refractivity contribution in [3.05, 3.63) is 34.2 Å². The summed E-state index contributed by atoms with van der Waals surface area (Å²) in [5, 5.41) is 2.91. The summed E-state index contributed by atoms with van der Waals surface area (Å²) in [5.74, 6) is -0.224. The molecule has 0 saturated carbocycles. The van der Waals surface area contributed by atoms with Crippen molar-refractivity contribution >= 4 is 5.91 Å². The zero-order chi connectivity index (χ0) is 15.0. The van der Waals surface area contributed by atoms with Gasteiger partial charge in [0.05, 0.1) is 0 Å². The van der Waals surface area contributed by atoms with Crippen LogP contribution in [0.15, 0.2) is 23.0 Å². The summed E-state index contributed by atoms with van der Waals surface area (Å²) in [6, 6.07) is 4.68. The summed E-state index contributed by atoms with van der Waals surface area (Å²) in [5.41, 5.74) is 0.0555. The average molecular weight is 279 g/mol. The third kappa shape index (κ3) is 5.57. The van der Waals surface area contributed by atoms with Crippen LogP contribution in [0.25, 0.3) is 0 Å². The molecule has 0 aliphatic heterocycles. The molecule has 0 aliphatic carbocycles. The van der Waals surface area contributed by atoms with E-state index in [2.05, 4.69) is 29.0 Å². The van der Waals surface area contributed by atoms with Gasteiger partial charge in [-0.2, -0.15) is 0 Å². The van der Waals surface area contributed by atoms with Crippen molar-refractivity contribution in [2.24, 2.45) is 0 Å². The number of H-pyrrole nitrogens is 1. The Balaban J connectivity index is 2.37. The van der Waals surface area contributed by atoms with Crippen LogP contribution in [0.1, 0.15) is 44.1 Å². The molecule has 0 radical (unpaired) electrons. The number of hydrogen-bond donors (Lipinski definition) is 2. The van der Waals surface area contributed by atoms with Crippen LogP contribution in [0.3, 0.4) is 0 Å². The van der Waals surface area contributed by atoms with Crippen molar-refractivity contribution < 1.29 is 4.79 Å². The number of nitrogens with one attached hydrogen (secondary N) is 2. The van der Waals surface area contributed by atoms with Gasteiger partial charge in [0.15, 0.2) is 0 Å². The lowest BCUT2D eigenvalue weighted by Gasteiger charge is -2.19. The number of pyridine rings is 1. The number of nitrogens with zero attached hydrogens (tertiary/aromatic N) is 1. The van der Waals surface area contributed by atoms with E-state index in [4.69, 9.17) is 0 Å². The Hall–Kier alpha value is -1.62. The normalized spacial score (nSPS) is 12.4. The lowest BCUT2D eigenvalue weighted by Crippen LogP contribution is -2.34. The van der Waals surface area contributed by atoms with Gasteiger partial charge in [-0.05, 0) is 45.5 Å². The van der Waals surface area contributed by atoms with Crippen LogP contribution in [0.4, 0.5) is 0 Å². The molecular formula is C15H25N3O2. The van der Waals surface area contributed by atoms with Gasteiger partial charge in [-0.25, -0.2) is 0 Å². The van der Waals surface area contributed by atoms with Gasteiger partial charge in [-0.1, -0.05) is 19.9 Å². The van der Waals surface area contributed by atoms with Crippen LogP contribution in [-0.4, -0.2) is 41.5 Å². The molecule has 1 unspecified atom stereocenters. The molecular weight excluding hydrogens is 254 g/mol. The number of aromatic nitrogens is 1. The number of rotatable bonds is 8. The van der Waals surface area contributed by atoms with Crippen molar-refractivity contribution in [2.75, 3.05) is 19.6 Å². The fraction of sp³-hybridized carbons (Fsp3) is 0.600. The molecule has 0 bridgehead atoms. The highest BCUT2D eigenvalue weighted by Crippen LogP contribution is 2.01. The maximum absolute atomic E-state index is 11.9. The predicted molar refractivity (Wildman–Crippen MR) is 81.0 cm³/mol. The molecule has 1 rings (SSSR count).